The summed E-state index contributed by atoms with van der Waals surface area (Å²) < 4.78 is 66.5. The molecule has 260 valence electrons. The molecule has 2 aromatic rings. The molecule has 4 rings (SSSR count). The molecule has 0 bridgehead atoms. The Bertz CT molecular complexity index is 1550. The van der Waals surface area contributed by atoms with Gasteiger partial charge in [0.1, 0.15) is 32.4 Å². The van der Waals surface area contributed by atoms with Crippen molar-refractivity contribution in [2.75, 3.05) is 49.8 Å². The van der Waals surface area contributed by atoms with Crippen LogP contribution in [0, 0.1) is 11.7 Å². The molecule has 2 heterocycles. The van der Waals surface area contributed by atoms with Crippen molar-refractivity contribution in [1.82, 2.24) is 15.5 Å². The zero-order chi connectivity index (χ0) is 34.1. The van der Waals surface area contributed by atoms with Crippen molar-refractivity contribution < 1.29 is 35.6 Å². The van der Waals surface area contributed by atoms with Crippen LogP contribution in [0.15, 0.2) is 42.5 Å². The number of likely N-dealkylation sites (N-methyl/N-ethyl adjacent to an activating group) is 1. The molecule has 2 aliphatic rings. The molecule has 47 heavy (non-hydrogen) atoms. The smallest absolute Gasteiger partial charge is 0.407 e. The lowest BCUT2D eigenvalue weighted by atomic mass is 9.77. The average Bonchev–Trinajstić information content (AvgIpc) is 3.02. The Kier molecular flexibility index (Phi) is 13.4. The number of methoxy groups -OCH3 is 1. The first-order valence-corrected chi connectivity index (χ1v) is 19.4. The fourth-order valence-corrected chi connectivity index (χ4v) is 8.74. The van der Waals surface area contributed by atoms with Crippen molar-refractivity contribution in [2.45, 2.75) is 62.6 Å². The number of carbonyl (C=O) groups is 2. The third kappa shape index (κ3) is 10.6. The number of ether oxygens (including phenoxy) is 1. The van der Waals surface area contributed by atoms with E-state index in [9.17, 15) is 26.4 Å². The number of alkyl carbamates (subject to hydrolysis) is 1. The van der Waals surface area contributed by atoms with Crippen molar-refractivity contribution >= 4 is 49.8 Å². The van der Waals surface area contributed by atoms with E-state index in [4.69, 9.17) is 16.3 Å². The van der Waals surface area contributed by atoms with Crippen LogP contribution in [0.4, 0.5) is 14.9 Å². The second-order valence-electron chi connectivity index (χ2n) is 12.4. The van der Waals surface area contributed by atoms with Crippen molar-refractivity contribution in [3.63, 3.8) is 0 Å². The maximum absolute atomic E-state index is 15.3. The molecule has 2 saturated heterocycles. The summed E-state index contributed by atoms with van der Waals surface area (Å²) >= 11 is 6.15. The number of sulfone groups is 1. The summed E-state index contributed by atoms with van der Waals surface area (Å²) in [5.74, 6) is -1.84. The highest BCUT2D eigenvalue weighted by molar-refractivity contribution is 7.91. The molecule has 0 saturated carbocycles. The number of benzene rings is 2. The molecule has 2 aliphatic heterocycles. The number of thiol groups is 1. The number of amides is 2. The molecule has 2 fully saturated rings. The van der Waals surface area contributed by atoms with E-state index in [1.54, 1.807) is 30.3 Å². The summed E-state index contributed by atoms with van der Waals surface area (Å²) in [6, 6.07) is 10.4. The van der Waals surface area contributed by atoms with Crippen LogP contribution < -0.4 is 16.0 Å². The van der Waals surface area contributed by atoms with Gasteiger partial charge in [-0.25, -0.2) is 26.0 Å². The minimum Gasteiger partial charge on any atom is -0.453 e. The normalized spacial score (nSPS) is 21.6. The number of halogens is 2. The Morgan fingerprint density at radius 2 is 1.83 bits per heavy atom. The molecule has 0 spiro atoms. The first kappa shape index (κ1) is 37.0. The Morgan fingerprint density at radius 1 is 1.13 bits per heavy atom. The summed E-state index contributed by atoms with van der Waals surface area (Å²) in [4.78, 5) is 28.8. The molecule has 11 nitrogen and oxygen atoms in total. The van der Waals surface area contributed by atoms with Crippen LogP contribution >= 0.6 is 11.6 Å². The number of anilines is 1. The minimum atomic E-state index is -3.21. The van der Waals surface area contributed by atoms with Gasteiger partial charge in [0.25, 0.3) is 0 Å². The van der Waals surface area contributed by atoms with E-state index in [0.717, 1.165) is 6.42 Å². The number of hydrogen-bond acceptors (Lipinski definition) is 9. The van der Waals surface area contributed by atoms with E-state index < -0.39 is 50.3 Å². The van der Waals surface area contributed by atoms with Crippen molar-refractivity contribution in [1.29, 1.82) is 0 Å². The van der Waals surface area contributed by atoms with Gasteiger partial charge in [-0.05, 0) is 81.3 Å². The summed E-state index contributed by atoms with van der Waals surface area (Å²) in [7, 11) is -2.41. The Balaban J connectivity index is 1.53. The van der Waals surface area contributed by atoms with Crippen LogP contribution in [0.3, 0.4) is 0 Å². The highest BCUT2D eigenvalue weighted by Crippen LogP contribution is 2.37. The largest absolute Gasteiger partial charge is 0.453 e. The topological polar surface area (TPSA) is 151 Å². The Labute approximate surface area is 282 Å². The molecule has 1 unspecified atom stereocenters. The highest BCUT2D eigenvalue weighted by Gasteiger charge is 2.40. The fourth-order valence-electron chi connectivity index (χ4n) is 6.64. The van der Waals surface area contributed by atoms with Crippen molar-refractivity contribution in [2.24, 2.45) is 5.92 Å². The summed E-state index contributed by atoms with van der Waals surface area (Å²) in [5.41, 5.74) is 1.30. The number of nitrogens with zero attached hydrogens (tertiary/aromatic N) is 1. The van der Waals surface area contributed by atoms with Crippen LogP contribution in [-0.2, 0) is 36.5 Å². The lowest BCUT2D eigenvalue weighted by Gasteiger charge is -2.38. The minimum absolute atomic E-state index is 0.0328. The Morgan fingerprint density at radius 3 is 2.47 bits per heavy atom. The fraction of sp³-hybridized carbons (Fsp3) is 0.562. The third-order valence-corrected chi connectivity index (χ3v) is 11.9. The number of rotatable bonds is 13. The predicted octanol–water partition coefficient (Wildman–Crippen LogP) is 3.35. The van der Waals surface area contributed by atoms with Crippen LogP contribution in [0.5, 0.6) is 0 Å². The number of nitrogens with one attached hydrogen (secondary N) is 3. The van der Waals surface area contributed by atoms with Gasteiger partial charge in [-0.3, -0.25) is 4.79 Å². The van der Waals surface area contributed by atoms with E-state index in [2.05, 4.69) is 20.9 Å². The summed E-state index contributed by atoms with van der Waals surface area (Å²) in [6.07, 6.45) is 2.04. The van der Waals surface area contributed by atoms with Gasteiger partial charge in [-0.2, -0.15) is 0 Å². The number of hydrogen-bond donors (Lipinski definition) is 4. The van der Waals surface area contributed by atoms with E-state index in [-0.39, 0.29) is 40.9 Å². The van der Waals surface area contributed by atoms with Crippen LogP contribution in [0.2, 0.25) is 5.02 Å². The monoisotopic (exact) mass is 714 g/mol. The zero-order valence-electron chi connectivity index (χ0n) is 26.6. The van der Waals surface area contributed by atoms with Gasteiger partial charge in [-0.15, -0.1) is 0 Å². The van der Waals surface area contributed by atoms with Gasteiger partial charge in [0.2, 0.25) is 5.91 Å². The third-order valence-electron chi connectivity index (χ3n) is 9.23. The number of piperazine rings is 1. The molecule has 3 N–H and O–H groups in total. The molecule has 2 amide bonds. The second kappa shape index (κ2) is 17.0. The predicted molar refractivity (Wildman–Crippen MR) is 181 cm³/mol. The molecule has 0 aliphatic carbocycles. The molecule has 15 heteroatoms. The lowest BCUT2D eigenvalue weighted by molar-refractivity contribution is -0.119. The summed E-state index contributed by atoms with van der Waals surface area (Å²) in [6.45, 7) is 1.39. The van der Waals surface area contributed by atoms with Gasteiger partial charge in [0.05, 0.1) is 18.6 Å². The van der Waals surface area contributed by atoms with Gasteiger partial charge >= 0.3 is 6.09 Å². The van der Waals surface area contributed by atoms with Crippen LogP contribution in [-0.4, -0.2) is 96.4 Å². The van der Waals surface area contributed by atoms with E-state index in [0.29, 0.717) is 61.3 Å². The van der Waals surface area contributed by atoms with E-state index in [1.807, 2.05) is 7.05 Å². The molecule has 0 aromatic heterocycles. The molecular formula is C32H44ClFN4O7S2. The molecule has 2 aromatic carbocycles. The Hall–Kier alpha value is -2.78. The zero-order valence-corrected chi connectivity index (χ0v) is 29.1. The van der Waals surface area contributed by atoms with Crippen LogP contribution in [0.25, 0.3) is 0 Å². The first-order valence-electron chi connectivity index (χ1n) is 15.8. The molecule has 4 atom stereocenters. The maximum Gasteiger partial charge on any atom is 0.407 e. The summed E-state index contributed by atoms with van der Waals surface area (Å²) in [5, 5.41) is 9.51. The van der Waals surface area contributed by atoms with Crippen molar-refractivity contribution in [3.8, 4) is 0 Å². The number of carbonyl (C=O) groups excluding carboxylic acids is 2. The quantitative estimate of drug-likeness (QED) is 0.229. The standard InChI is InChI=1S/C32H44ClFN4O7S2/c1-38-20-24(35-19-25(38)5-4-16-46(41)42)12-13-26-27(34)6-3-7-28(26)36-31(39)30(37-32(40)45-2)29(21-8-10-23(33)11-9-21)22-14-17-47(43,44)18-15-22/h3,6-11,22,24-25,29-30,35,46H,4-5,12-20H2,1-2H3,(H,36,39)(H,37,40)/t24-,25?,29-,30-/m0/s1. The van der Waals surface area contributed by atoms with E-state index in [1.165, 1.54) is 19.2 Å². The second-order valence-corrected chi connectivity index (χ2v) is 16.2. The molecular weight excluding hydrogens is 671 g/mol. The van der Waals surface area contributed by atoms with Gasteiger partial charge in [0.15, 0.2) is 0 Å². The maximum atomic E-state index is 15.3. The average molecular weight is 715 g/mol. The van der Waals surface area contributed by atoms with Crippen LogP contribution in [0.1, 0.15) is 49.1 Å². The van der Waals surface area contributed by atoms with Gasteiger partial charge < -0.3 is 25.6 Å². The molecule has 0 radical (unpaired) electrons. The van der Waals surface area contributed by atoms with Gasteiger partial charge in [0, 0.05) is 53.1 Å². The lowest BCUT2D eigenvalue weighted by Crippen LogP contribution is -2.55. The highest BCUT2D eigenvalue weighted by atomic mass is 35.5. The first-order chi connectivity index (χ1) is 22.4. The van der Waals surface area contributed by atoms with E-state index >= 15 is 4.39 Å². The SMILES string of the molecule is COC(=O)N[C@H](C(=O)Nc1cccc(F)c1CC[C@H]1CN(C)C(CCC[SH](=O)=O)CN1)[C@@H](c1ccc(Cl)cc1)C1CCS(=O)(=O)CC1. The van der Waals surface area contributed by atoms with Crippen molar-refractivity contribution in [3.05, 3.63) is 64.4 Å². The van der Waals surface area contributed by atoms with Gasteiger partial charge in [-0.1, -0.05) is 29.8 Å².